The number of ether oxygens (including phenoxy) is 1. The molecule has 0 saturated carbocycles. The summed E-state index contributed by atoms with van der Waals surface area (Å²) in [4.78, 5) is 31.7. The third-order valence-corrected chi connectivity index (χ3v) is 5.90. The van der Waals surface area contributed by atoms with Crippen molar-refractivity contribution in [2.45, 2.75) is 19.2 Å². The molecule has 0 aliphatic carbocycles. The van der Waals surface area contributed by atoms with Gasteiger partial charge in [-0.2, -0.15) is 4.98 Å². The fourth-order valence-corrected chi connectivity index (χ4v) is 4.14. The van der Waals surface area contributed by atoms with E-state index in [1.54, 1.807) is 23.7 Å². The number of fused-ring (bicyclic) bond motifs is 2. The molecule has 1 atom stereocenters. The van der Waals surface area contributed by atoms with Gasteiger partial charge in [-0.05, 0) is 28.5 Å². The Bertz CT molecular complexity index is 1600. The summed E-state index contributed by atoms with van der Waals surface area (Å²) in [6.07, 6.45) is -0.928. The lowest BCUT2D eigenvalue weighted by Crippen LogP contribution is -2.31. The second-order valence-corrected chi connectivity index (χ2v) is 8.31. The van der Waals surface area contributed by atoms with Crippen LogP contribution in [0.5, 0.6) is 5.75 Å². The lowest BCUT2D eigenvalue weighted by Gasteiger charge is -2.16. The Labute approximate surface area is 200 Å². The average molecular weight is 472 g/mol. The van der Waals surface area contributed by atoms with Gasteiger partial charge in [-0.15, -0.1) is 0 Å². The van der Waals surface area contributed by atoms with Gasteiger partial charge in [0, 0.05) is 13.6 Å². The number of aliphatic hydroxyl groups excluding tert-OH is 1. The molecule has 0 saturated heterocycles. The van der Waals surface area contributed by atoms with E-state index in [0.717, 1.165) is 16.3 Å². The average Bonchev–Trinajstić information content (AvgIpc) is 3.24. The molecule has 0 spiro atoms. The zero-order valence-corrected chi connectivity index (χ0v) is 19.1. The van der Waals surface area contributed by atoms with E-state index >= 15 is 0 Å². The van der Waals surface area contributed by atoms with Crippen LogP contribution in [-0.4, -0.2) is 36.9 Å². The number of hydrogen-bond donors (Lipinski definition) is 3. The summed E-state index contributed by atoms with van der Waals surface area (Å²) in [6.45, 7) is 0.506. The normalized spacial score (nSPS) is 12.2. The van der Waals surface area contributed by atoms with Gasteiger partial charge in [0.05, 0.1) is 6.54 Å². The fraction of sp³-hybridized carbons (Fsp3) is 0.192. The van der Waals surface area contributed by atoms with Crippen LogP contribution in [0.2, 0.25) is 0 Å². The highest BCUT2D eigenvalue weighted by molar-refractivity contribution is 5.85. The molecule has 0 radical (unpaired) electrons. The van der Waals surface area contributed by atoms with Gasteiger partial charge in [0.2, 0.25) is 5.95 Å². The van der Waals surface area contributed by atoms with E-state index < -0.39 is 17.4 Å². The van der Waals surface area contributed by atoms with Gasteiger partial charge in [0.25, 0.3) is 5.56 Å². The Morgan fingerprint density at radius 3 is 2.60 bits per heavy atom. The van der Waals surface area contributed by atoms with Crippen LogP contribution in [0.4, 0.5) is 5.95 Å². The summed E-state index contributed by atoms with van der Waals surface area (Å²) in [6, 6.07) is 23.3. The molecular weight excluding hydrogens is 446 g/mol. The largest absolute Gasteiger partial charge is 0.491 e. The predicted octanol–water partition coefficient (Wildman–Crippen LogP) is 2.63. The van der Waals surface area contributed by atoms with Crippen molar-refractivity contribution >= 4 is 27.9 Å². The molecule has 2 aromatic heterocycles. The fourth-order valence-electron chi connectivity index (χ4n) is 4.14. The van der Waals surface area contributed by atoms with Gasteiger partial charge in [-0.3, -0.25) is 14.3 Å². The first-order valence-corrected chi connectivity index (χ1v) is 11.3. The SMILES string of the molecule is Cn1c(=O)[nH]c(=O)c2c1nc(NCc1cccc3ccccc13)n2CC(O)COc1ccccc1. The maximum Gasteiger partial charge on any atom is 0.329 e. The van der Waals surface area contributed by atoms with E-state index in [-0.39, 0.29) is 24.3 Å². The maximum absolute atomic E-state index is 12.7. The van der Waals surface area contributed by atoms with Gasteiger partial charge in [0.15, 0.2) is 11.2 Å². The molecule has 0 bridgehead atoms. The van der Waals surface area contributed by atoms with Crippen LogP contribution < -0.4 is 21.3 Å². The van der Waals surface area contributed by atoms with Crippen molar-refractivity contribution in [3.05, 3.63) is 99.2 Å². The summed E-state index contributed by atoms with van der Waals surface area (Å²) in [5.74, 6) is 1.01. The third-order valence-electron chi connectivity index (χ3n) is 5.90. The number of aliphatic hydroxyl groups is 1. The Morgan fingerprint density at radius 2 is 1.77 bits per heavy atom. The number of nitrogens with one attached hydrogen (secondary N) is 2. The zero-order chi connectivity index (χ0) is 24.4. The van der Waals surface area contributed by atoms with Gasteiger partial charge in [0.1, 0.15) is 18.5 Å². The third kappa shape index (κ3) is 4.53. The lowest BCUT2D eigenvalue weighted by molar-refractivity contribution is 0.0938. The second kappa shape index (κ2) is 9.47. The molecule has 0 amide bonds. The maximum atomic E-state index is 12.7. The number of H-pyrrole nitrogens is 1. The number of para-hydroxylation sites is 1. The Morgan fingerprint density at radius 1 is 1.03 bits per heavy atom. The number of anilines is 1. The van der Waals surface area contributed by atoms with Crippen molar-refractivity contribution < 1.29 is 9.84 Å². The quantitative estimate of drug-likeness (QED) is 0.321. The Hall–Kier alpha value is -4.37. The summed E-state index contributed by atoms with van der Waals surface area (Å²) >= 11 is 0. The van der Waals surface area contributed by atoms with Gasteiger partial charge < -0.3 is 19.7 Å². The first kappa shape index (κ1) is 22.4. The number of benzene rings is 3. The number of rotatable bonds is 8. The van der Waals surface area contributed by atoms with Crippen LogP contribution in [0.25, 0.3) is 21.9 Å². The minimum absolute atomic E-state index is 0.0239. The highest BCUT2D eigenvalue weighted by Gasteiger charge is 2.20. The highest BCUT2D eigenvalue weighted by atomic mass is 16.5. The smallest absolute Gasteiger partial charge is 0.329 e. The van der Waals surface area contributed by atoms with E-state index in [4.69, 9.17) is 4.74 Å². The zero-order valence-electron chi connectivity index (χ0n) is 19.1. The van der Waals surface area contributed by atoms with Crippen molar-refractivity contribution in [2.24, 2.45) is 7.05 Å². The predicted molar refractivity (Wildman–Crippen MR) is 135 cm³/mol. The van der Waals surface area contributed by atoms with Crippen LogP contribution in [0, 0.1) is 0 Å². The first-order valence-electron chi connectivity index (χ1n) is 11.3. The first-order chi connectivity index (χ1) is 17.0. The van der Waals surface area contributed by atoms with E-state index in [0.29, 0.717) is 18.2 Å². The van der Waals surface area contributed by atoms with Crippen molar-refractivity contribution in [1.82, 2.24) is 19.1 Å². The van der Waals surface area contributed by atoms with E-state index in [1.807, 2.05) is 54.6 Å². The van der Waals surface area contributed by atoms with E-state index in [1.165, 1.54) is 4.57 Å². The molecule has 5 rings (SSSR count). The standard InChI is InChI=1S/C26H25N5O4/c1-30-23-22(24(33)29-26(30)34)31(15-19(32)16-35-20-11-3-2-4-12-20)25(28-23)27-14-18-10-7-9-17-8-5-6-13-21(17)18/h2-13,19,32H,14-16H2,1H3,(H,27,28)(H,29,33,34). The summed E-state index contributed by atoms with van der Waals surface area (Å²) in [5, 5.41) is 16.2. The monoisotopic (exact) mass is 471 g/mol. The lowest BCUT2D eigenvalue weighted by atomic mass is 10.0. The van der Waals surface area contributed by atoms with Crippen molar-refractivity contribution in [3.8, 4) is 5.75 Å². The number of hydrogen-bond acceptors (Lipinski definition) is 6. The molecule has 2 heterocycles. The molecule has 3 N–H and O–H groups in total. The van der Waals surface area contributed by atoms with Crippen LogP contribution >= 0.6 is 0 Å². The number of aryl methyl sites for hydroxylation is 1. The summed E-state index contributed by atoms with van der Waals surface area (Å²) < 4.78 is 8.55. The van der Waals surface area contributed by atoms with Crippen molar-refractivity contribution in [3.63, 3.8) is 0 Å². The van der Waals surface area contributed by atoms with Crippen molar-refractivity contribution in [1.29, 1.82) is 0 Å². The minimum atomic E-state index is -0.928. The molecule has 0 aliphatic rings. The van der Waals surface area contributed by atoms with Crippen LogP contribution in [0.3, 0.4) is 0 Å². The van der Waals surface area contributed by atoms with Gasteiger partial charge in [-0.1, -0.05) is 60.7 Å². The van der Waals surface area contributed by atoms with Crippen LogP contribution in [0.1, 0.15) is 5.56 Å². The topological polar surface area (TPSA) is 114 Å². The molecule has 9 heteroatoms. The van der Waals surface area contributed by atoms with Crippen LogP contribution in [-0.2, 0) is 20.1 Å². The second-order valence-electron chi connectivity index (χ2n) is 8.31. The Balaban J connectivity index is 1.47. The van der Waals surface area contributed by atoms with Crippen molar-refractivity contribution in [2.75, 3.05) is 11.9 Å². The molecule has 3 aromatic carbocycles. The number of aromatic nitrogens is 4. The molecule has 5 aromatic rings. The summed E-state index contributed by atoms with van der Waals surface area (Å²) in [7, 11) is 1.54. The molecule has 1 unspecified atom stereocenters. The number of nitrogens with zero attached hydrogens (tertiary/aromatic N) is 3. The highest BCUT2D eigenvalue weighted by Crippen LogP contribution is 2.21. The molecule has 0 fully saturated rings. The number of imidazole rings is 1. The molecular formula is C26H25N5O4. The summed E-state index contributed by atoms with van der Waals surface area (Å²) in [5.41, 5.74) is 0.366. The number of aromatic amines is 1. The molecule has 9 nitrogen and oxygen atoms in total. The molecule has 35 heavy (non-hydrogen) atoms. The van der Waals surface area contributed by atoms with E-state index in [2.05, 4.69) is 21.4 Å². The minimum Gasteiger partial charge on any atom is -0.491 e. The molecule has 0 aliphatic heterocycles. The van der Waals surface area contributed by atoms with E-state index in [9.17, 15) is 14.7 Å². The van der Waals surface area contributed by atoms with Gasteiger partial charge in [-0.25, -0.2) is 4.79 Å². The Kier molecular flexibility index (Phi) is 6.07. The van der Waals surface area contributed by atoms with Gasteiger partial charge >= 0.3 is 5.69 Å². The molecule has 178 valence electrons. The van der Waals surface area contributed by atoms with Crippen LogP contribution in [0.15, 0.2) is 82.4 Å².